The highest BCUT2D eigenvalue weighted by atomic mass is 32.2. The largest absolute Gasteiger partial charge is 0.496 e. The number of terminal acetylenes is 1. The minimum absolute atomic E-state index is 0.148. The highest BCUT2D eigenvalue weighted by Gasteiger charge is 2.17. The molecule has 0 saturated carbocycles. The van der Waals surface area contributed by atoms with E-state index in [1.165, 1.54) is 11.8 Å². The van der Waals surface area contributed by atoms with Gasteiger partial charge in [-0.3, -0.25) is 9.36 Å². The van der Waals surface area contributed by atoms with E-state index in [4.69, 9.17) is 11.2 Å². The number of hydrogen-bond donors (Lipinski definition) is 1. The van der Waals surface area contributed by atoms with Crippen LogP contribution in [0.15, 0.2) is 42.1 Å². The lowest BCUT2D eigenvalue weighted by Crippen LogP contribution is -2.25. The Morgan fingerprint density at radius 3 is 3.00 bits per heavy atom. The lowest BCUT2D eigenvalue weighted by Gasteiger charge is -2.10. The van der Waals surface area contributed by atoms with Crippen LogP contribution in [0.2, 0.25) is 0 Å². The van der Waals surface area contributed by atoms with E-state index in [1.807, 2.05) is 28.8 Å². The highest BCUT2D eigenvalue weighted by molar-refractivity contribution is 7.99. The van der Waals surface area contributed by atoms with E-state index in [0.29, 0.717) is 23.3 Å². The van der Waals surface area contributed by atoms with Crippen molar-refractivity contribution in [3.63, 3.8) is 0 Å². The number of carbonyl (C=O) groups excluding carboxylic acids is 1. The Kier molecular flexibility index (Phi) is 6.46. The zero-order chi connectivity index (χ0) is 17.4. The van der Waals surface area contributed by atoms with Crippen molar-refractivity contribution in [3.8, 4) is 29.5 Å². The molecule has 0 unspecified atom stereocenters. The number of methoxy groups -OCH3 is 1. The molecule has 0 aliphatic rings. The Morgan fingerprint density at radius 2 is 2.29 bits per heavy atom. The molecule has 0 fully saturated rings. The van der Waals surface area contributed by atoms with Crippen molar-refractivity contribution in [2.24, 2.45) is 0 Å². The number of nitrogens with zero attached hydrogens (tertiary/aromatic N) is 3. The van der Waals surface area contributed by atoms with Crippen LogP contribution in [-0.2, 0) is 11.3 Å². The van der Waals surface area contributed by atoms with Crippen LogP contribution in [0.25, 0.3) is 11.4 Å². The molecule has 1 heterocycles. The van der Waals surface area contributed by atoms with Crippen molar-refractivity contribution in [1.29, 1.82) is 0 Å². The summed E-state index contributed by atoms with van der Waals surface area (Å²) in [4.78, 5) is 11.7. The number of amides is 1. The lowest BCUT2D eigenvalue weighted by atomic mass is 10.2. The third-order valence-electron chi connectivity index (χ3n) is 3.10. The fourth-order valence-corrected chi connectivity index (χ4v) is 2.83. The zero-order valence-electron chi connectivity index (χ0n) is 13.4. The van der Waals surface area contributed by atoms with Gasteiger partial charge in [-0.1, -0.05) is 35.9 Å². The van der Waals surface area contributed by atoms with Gasteiger partial charge in [-0.15, -0.1) is 23.2 Å². The molecule has 1 amide bonds. The summed E-state index contributed by atoms with van der Waals surface area (Å²) in [5.41, 5.74) is 0.831. The average molecular weight is 342 g/mol. The monoisotopic (exact) mass is 342 g/mol. The third-order valence-corrected chi connectivity index (χ3v) is 4.06. The average Bonchev–Trinajstić information content (AvgIpc) is 3.01. The minimum Gasteiger partial charge on any atom is -0.496 e. The van der Waals surface area contributed by atoms with E-state index in [0.717, 1.165) is 5.56 Å². The molecule has 124 valence electrons. The van der Waals surface area contributed by atoms with E-state index >= 15 is 0 Å². The van der Waals surface area contributed by atoms with E-state index in [2.05, 4.69) is 28.0 Å². The number of thioether (sulfide) groups is 1. The standard InChI is InChI=1S/C17H18N4O2S/c1-4-10-18-15(22)12-24-17-20-19-16(21(17)11-5-2)13-8-6-7-9-14(13)23-3/h1,5-9H,2,10-12H2,3H3,(H,18,22). The van der Waals surface area contributed by atoms with Gasteiger partial charge in [0.25, 0.3) is 0 Å². The summed E-state index contributed by atoms with van der Waals surface area (Å²) in [7, 11) is 1.61. The second-order valence-corrected chi connectivity index (χ2v) is 5.62. The Morgan fingerprint density at radius 1 is 1.50 bits per heavy atom. The summed E-state index contributed by atoms with van der Waals surface area (Å²) >= 11 is 1.29. The van der Waals surface area contributed by atoms with Gasteiger partial charge in [-0.25, -0.2) is 0 Å². The van der Waals surface area contributed by atoms with Gasteiger partial charge in [0.05, 0.1) is 25.0 Å². The second kappa shape index (κ2) is 8.79. The van der Waals surface area contributed by atoms with Crippen LogP contribution in [0.5, 0.6) is 5.75 Å². The van der Waals surface area contributed by atoms with Crippen molar-refractivity contribution in [3.05, 3.63) is 36.9 Å². The summed E-state index contributed by atoms with van der Waals surface area (Å²) in [6, 6.07) is 7.58. The summed E-state index contributed by atoms with van der Waals surface area (Å²) in [5, 5.41) is 11.7. The molecule has 1 aromatic carbocycles. The molecule has 0 bridgehead atoms. The number of benzene rings is 1. The number of hydrogen-bond acceptors (Lipinski definition) is 5. The number of para-hydroxylation sites is 1. The van der Waals surface area contributed by atoms with Gasteiger partial charge in [0.15, 0.2) is 11.0 Å². The number of nitrogens with one attached hydrogen (secondary N) is 1. The SMILES string of the molecule is C#CCNC(=O)CSc1nnc(-c2ccccc2OC)n1CC=C. The molecular formula is C17H18N4O2S. The van der Waals surface area contributed by atoms with Crippen LogP contribution in [0.4, 0.5) is 0 Å². The fraction of sp³-hybridized carbons (Fsp3) is 0.235. The van der Waals surface area contributed by atoms with Crippen LogP contribution in [0.3, 0.4) is 0 Å². The molecule has 0 aliphatic heterocycles. The number of carbonyl (C=O) groups is 1. The highest BCUT2D eigenvalue weighted by Crippen LogP contribution is 2.30. The first kappa shape index (κ1) is 17.6. The minimum atomic E-state index is -0.148. The maximum absolute atomic E-state index is 11.7. The predicted molar refractivity (Wildman–Crippen MR) is 94.8 cm³/mol. The number of allylic oxidation sites excluding steroid dienone is 1. The first-order valence-corrected chi connectivity index (χ1v) is 8.20. The fourth-order valence-electron chi connectivity index (χ4n) is 2.05. The Balaban J connectivity index is 2.25. The summed E-state index contributed by atoms with van der Waals surface area (Å²) < 4.78 is 7.28. The first-order chi connectivity index (χ1) is 11.7. The van der Waals surface area contributed by atoms with E-state index in [9.17, 15) is 4.79 Å². The van der Waals surface area contributed by atoms with Gasteiger partial charge in [0.2, 0.25) is 5.91 Å². The maximum atomic E-state index is 11.7. The summed E-state index contributed by atoms with van der Waals surface area (Å²) in [6.07, 6.45) is 6.88. The molecule has 6 nitrogen and oxygen atoms in total. The molecule has 2 aromatic rings. The van der Waals surface area contributed by atoms with Crippen LogP contribution < -0.4 is 10.1 Å². The molecular weight excluding hydrogens is 324 g/mol. The van der Waals surface area contributed by atoms with Crippen LogP contribution in [0, 0.1) is 12.3 Å². The molecule has 0 radical (unpaired) electrons. The van der Waals surface area contributed by atoms with Gasteiger partial charge >= 0.3 is 0 Å². The number of ether oxygens (including phenoxy) is 1. The molecule has 0 aliphatic carbocycles. The summed E-state index contributed by atoms with van der Waals surface area (Å²) in [6.45, 7) is 4.51. The van der Waals surface area contributed by atoms with Gasteiger partial charge in [-0.2, -0.15) is 0 Å². The van der Waals surface area contributed by atoms with Crippen molar-refractivity contribution < 1.29 is 9.53 Å². The van der Waals surface area contributed by atoms with Gasteiger partial charge in [0, 0.05) is 6.54 Å². The molecule has 24 heavy (non-hydrogen) atoms. The van der Waals surface area contributed by atoms with Crippen molar-refractivity contribution in [2.75, 3.05) is 19.4 Å². The Labute approximate surface area is 145 Å². The number of rotatable bonds is 8. The van der Waals surface area contributed by atoms with E-state index < -0.39 is 0 Å². The molecule has 1 N–H and O–H groups in total. The van der Waals surface area contributed by atoms with Crippen molar-refractivity contribution >= 4 is 17.7 Å². The lowest BCUT2D eigenvalue weighted by molar-refractivity contribution is -0.118. The van der Waals surface area contributed by atoms with Crippen molar-refractivity contribution in [1.82, 2.24) is 20.1 Å². The maximum Gasteiger partial charge on any atom is 0.231 e. The van der Waals surface area contributed by atoms with Gasteiger partial charge in [-0.05, 0) is 12.1 Å². The van der Waals surface area contributed by atoms with Crippen LogP contribution >= 0.6 is 11.8 Å². The molecule has 0 atom stereocenters. The summed E-state index contributed by atoms with van der Waals surface area (Å²) in [5.74, 6) is 3.80. The molecule has 2 rings (SSSR count). The Bertz CT molecular complexity index is 764. The van der Waals surface area contributed by atoms with Crippen LogP contribution in [-0.4, -0.2) is 40.1 Å². The van der Waals surface area contributed by atoms with Gasteiger partial charge < -0.3 is 10.1 Å². The van der Waals surface area contributed by atoms with E-state index in [-0.39, 0.29) is 18.2 Å². The predicted octanol–water partition coefficient (Wildman–Crippen LogP) is 1.98. The topological polar surface area (TPSA) is 69.0 Å². The molecule has 7 heteroatoms. The normalized spacial score (nSPS) is 10.0. The second-order valence-electron chi connectivity index (χ2n) is 4.68. The molecule has 1 aromatic heterocycles. The van der Waals surface area contributed by atoms with Gasteiger partial charge in [0.1, 0.15) is 5.75 Å². The number of aromatic nitrogens is 3. The van der Waals surface area contributed by atoms with Crippen LogP contribution in [0.1, 0.15) is 0 Å². The smallest absolute Gasteiger partial charge is 0.231 e. The molecule has 0 saturated heterocycles. The third kappa shape index (κ3) is 4.18. The van der Waals surface area contributed by atoms with E-state index in [1.54, 1.807) is 13.2 Å². The molecule has 0 spiro atoms. The zero-order valence-corrected chi connectivity index (χ0v) is 14.2. The Hall–Kier alpha value is -2.72. The van der Waals surface area contributed by atoms with Crippen molar-refractivity contribution in [2.45, 2.75) is 11.7 Å². The first-order valence-electron chi connectivity index (χ1n) is 7.21. The quantitative estimate of drug-likeness (QED) is 0.451.